The van der Waals surface area contributed by atoms with Crippen LogP contribution in [0.3, 0.4) is 0 Å². The molecular weight excluding hydrogens is 236 g/mol. The van der Waals surface area contributed by atoms with Crippen LogP contribution in [0.5, 0.6) is 0 Å². The van der Waals surface area contributed by atoms with Crippen molar-refractivity contribution in [2.45, 2.75) is 13.8 Å². The van der Waals surface area contributed by atoms with Gasteiger partial charge in [-0.3, -0.25) is 4.79 Å². The SMILES string of the molecule is C=CCN(CCO)C(=O)N(CC)CC(C)C(=O)O. The number of aliphatic carboxylic acids is 1. The first-order chi connectivity index (χ1) is 8.47. The fraction of sp³-hybridized carbons (Fsp3) is 0.667. The third-order valence-corrected chi connectivity index (χ3v) is 2.56. The second-order valence-electron chi connectivity index (χ2n) is 4.02. The van der Waals surface area contributed by atoms with Crippen molar-refractivity contribution in [3.05, 3.63) is 12.7 Å². The predicted octanol–water partition coefficient (Wildman–Crippen LogP) is 0.629. The van der Waals surface area contributed by atoms with Gasteiger partial charge in [-0.1, -0.05) is 13.0 Å². The highest BCUT2D eigenvalue weighted by Gasteiger charge is 2.22. The van der Waals surface area contributed by atoms with Crippen molar-refractivity contribution in [1.82, 2.24) is 9.80 Å². The van der Waals surface area contributed by atoms with Gasteiger partial charge in [0, 0.05) is 26.2 Å². The number of carboxylic acid groups (broad SMARTS) is 1. The van der Waals surface area contributed by atoms with Crippen LogP contribution in [0.1, 0.15) is 13.8 Å². The van der Waals surface area contributed by atoms with Crippen LogP contribution in [0.15, 0.2) is 12.7 Å². The van der Waals surface area contributed by atoms with Crippen molar-refractivity contribution < 1.29 is 19.8 Å². The van der Waals surface area contributed by atoms with Crippen molar-refractivity contribution in [2.75, 3.05) is 32.8 Å². The number of carboxylic acids is 1. The van der Waals surface area contributed by atoms with Crippen LogP contribution < -0.4 is 0 Å². The van der Waals surface area contributed by atoms with Crippen LogP contribution in [-0.4, -0.2) is 64.8 Å². The lowest BCUT2D eigenvalue weighted by molar-refractivity contribution is -0.141. The number of urea groups is 1. The second kappa shape index (κ2) is 8.52. The molecule has 0 rings (SSSR count). The van der Waals surface area contributed by atoms with E-state index < -0.39 is 11.9 Å². The molecule has 2 amide bonds. The van der Waals surface area contributed by atoms with E-state index in [1.807, 2.05) is 0 Å². The molecule has 6 nitrogen and oxygen atoms in total. The molecule has 2 N–H and O–H groups in total. The Balaban J connectivity index is 4.64. The monoisotopic (exact) mass is 258 g/mol. The van der Waals surface area contributed by atoms with Gasteiger partial charge in [-0.2, -0.15) is 0 Å². The highest BCUT2D eigenvalue weighted by Crippen LogP contribution is 2.05. The first-order valence-electron chi connectivity index (χ1n) is 5.96. The van der Waals surface area contributed by atoms with E-state index in [4.69, 9.17) is 10.2 Å². The smallest absolute Gasteiger partial charge is 0.320 e. The lowest BCUT2D eigenvalue weighted by Crippen LogP contribution is -2.46. The Bertz CT molecular complexity index is 294. The summed E-state index contributed by atoms with van der Waals surface area (Å²) in [6, 6.07) is -0.278. The first kappa shape index (κ1) is 16.4. The number of hydrogen-bond acceptors (Lipinski definition) is 3. The molecule has 1 unspecified atom stereocenters. The van der Waals surface area contributed by atoms with Gasteiger partial charge in [-0.15, -0.1) is 6.58 Å². The normalized spacial score (nSPS) is 11.7. The highest BCUT2D eigenvalue weighted by atomic mass is 16.4. The van der Waals surface area contributed by atoms with Crippen molar-refractivity contribution in [3.63, 3.8) is 0 Å². The molecule has 0 saturated heterocycles. The molecular formula is C12H22N2O4. The highest BCUT2D eigenvalue weighted by molar-refractivity contribution is 5.76. The summed E-state index contributed by atoms with van der Waals surface area (Å²) in [5.41, 5.74) is 0. The number of hydrogen-bond donors (Lipinski definition) is 2. The van der Waals surface area contributed by atoms with Gasteiger partial charge in [0.25, 0.3) is 0 Å². The number of carbonyl (C=O) groups is 2. The van der Waals surface area contributed by atoms with Gasteiger partial charge >= 0.3 is 12.0 Å². The average molecular weight is 258 g/mol. The Morgan fingerprint density at radius 1 is 1.39 bits per heavy atom. The number of rotatable bonds is 8. The Hall–Kier alpha value is -1.56. The minimum absolute atomic E-state index is 0.133. The van der Waals surface area contributed by atoms with Crippen molar-refractivity contribution in [3.8, 4) is 0 Å². The van der Waals surface area contributed by atoms with Gasteiger partial charge in [0.05, 0.1) is 12.5 Å². The minimum atomic E-state index is -0.932. The maximum absolute atomic E-state index is 12.1. The zero-order valence-corrected chi connectivity index (χ0v) is 11.0. The van der Waals surface area contributed by atoms with E-state index in [1.54, 1.807) is 19.9 Å². The molecule has 18 heavy (non-hydrogen) atoms. The summed E-state index contributed by atoms with van der Waals surface area (Å²) in [7, 11) is 0. The number of aliphatic hydroxyl groups is 1. The largest absolute Gasteiger partial charge is 0.481 e. The van der Waals surface area contributed by atoms with E-state index in [0.717, 1.165) is 0 Å². The molecule has 6 heteroatoms. The molecule has 0 spiro atoms. The molecule has 104 valence electrons. The fourth-order valence-corrected chi connectivity index (χ4v) is 1.49. The van der Waals surface area contributed by atoms with Crippen LogP contribution in [0, 0.1) is 5.92 Å². The van der Waals surface area contributed by atoms with Crippen LogP contribution in [-0.2, 0) is 4.79 Å². The molecule has 0 heterocycles. The average Bonchev–Trinajstić information content (AvgIpc) is 2.34. The Kier molecular flexibility index (Phi) is 7.78. The summed E-state index contributed by atoms with van der Waals surface area (Å²) in [5.74, 6) is -1.55. The molecule has 0 aromatic heterocycles. The van der Waals surface area contributed by atoms with Crippen LogP contribution >= 0.6 is 0 Å². The van der Waals surface area contributed by atoms with E-state index in [-0.39, 0.29) is 25.7 Å². The topological polar surface area (TPSA) is 81.1 Å². The molecule has 0 aromatic rings. The Morgan fingerprint density at radius 2 is 2.00 bits per heavy atom. The number of aliphatic hydroxyl groups excluding tert-OH is 1. The molecule has 0 aliphatic rings. The fourth-order valence-electron chi connectivity index (χ4n) is 1.49. The number of carbonyl (C=O) groups excluding carboxylic acids is 1. The summed E-state index contributed by atoms with van der Waals surface area (Å²) < 4.78 is 0. The molecule has 0 aliphatic heterocycles. The van der Waals surface area contributed by atoms with Gasteiger partial charge in [-0.05, 0) is 6.92 Å². The summed E-state index contributed by atoms with van der Waals surface area (Å²) >= 11 is 0. The molecule has 0 fully saturated rings. The Labute approximate surface area is 107 Å². The van der Waals surface area contributed by atoms with Crippen molar-refractivity contribution in [2.24, 2.45) is 5.92 Å². The standard InChI is InChI=1S/C12H22N2O4/c1-4-6-14(7-8-15)12(18)13(5-2)9-10(3)11(16)17/h4,10,15H,1,5-9H2,2-3H3,(H,16,17). The van der Waals surface area contributed by atoms with Gasteiger partial charge in [0.2, 0.25) is 0 Å². The van der Waals surface area contributed by atoms with E-state index >= 15 is 0 Å². The third-order valence-electron chi connectivity index (χ3n) is 2.56. The van der Waals surface area contributed by atoms with E-state index in [9.17, 15) is 9.59 Å². The maximum Gasteiger partial charge on any atom is 0.320 e. The van der Waals surface area contributed by atoms with Crippen molar-refractivity contribution >= 4 is 12.0 Å². The molecule has 0 aromatic carbocycles. The summed E-state index contributed by atoms with van der Waals surface area (Å²) in [4.78, 5) is 25.8. The maximum atomic E-state index is 12.1. The van der Waals surface area contributed by atoms with Crippen molar-refractivity contribution in [1.29, 1.82) is 0 Å². The molecule has 0 saturated carbocycles. The molecule has 0 radical (unpaired) electrons. The van der Waals surface area contributed by atoms with E-state index in [1.165, 1.54) is 9.80 Å². The quantitative estimate of drug-likeness (QED) is 0.626. The van der Waals surface area contributed by atoms with Crippen LogP contribution in [0.2, 0.25) is 0 Å². The lowest BCUT2D eigenvalue weighted by atomic mass is 10.2. The third kappa shape index (κ3) is 5.18. The predicted molar refractivity (Wildman–Crippen MR) is 68.3 cm³/mol. The molecule has 0 bridgehead atoms. The zero-order chi connectivity index (χ0) is 14.1. The van der Waals surface area contributed by atoms with E-state index in [2.05, 4.69) is 6.58 Å². The van der Waals surface area contributed by atoms with Crippen LogP contribution in [0.4, 0.5) is 4.79 Å². The molecule has 0 aliphatic carbocycles. The van der Waals surface area contributed by atoms with Gasteiger partial charge in [-0.25, -0.2) is 4.79 Å². The zero-order valence-electron chi connectivity index (χ0n) is 11.0. The van der Waals surface area contributed by atoms with Crippen LogP contribution in [0.25, 0.3) is 0 Å². The number of nitrogens with zero attached hydrogens (tertiary/aromatic N) is 2. The second-order valence-corrected chi connectivity index (χ2v) is 4.02. The summed E-state index contributed by atoms with van der Waals surface area (Å²) in [6.45, 7) is 7.89. The first-order valence-corrected chi connectivity index (χ1v) is 5.96. The molecule has 1 atom stereocenters. The minimum Gasteiger partial charge on any atom is -0.481 e. The van der Waals surface area contributed by atoms with Gasteiger partial charge in [0.15, 0.2) is 0 Å². The Morgan fingerprint density at radius 3 is 2.39 bits per heavy atom. The number of amides is 2. The van der Waals surface area contributed by atoms with E-state index in [0.29, 0.717) is 13.1 Å². The summed E-state index contributed by atoms with van der Waals surface area (Å²) in [5, 5.41) is 17.7. The van der Waals surface area contributed by atoms with Gasteiger partial charge < -0.3 is 20.0 Å². The summed E-state index contributed by atoms with van der Waals surface area (Å²) in [6.07, 6.45) is 1.57. The lowest BCUT2D eigenvalue weighted by Gasteiger charge is -2.29. The van der Waals surface area contributed by atoms with Gasteiger partial charge in [0.1, 0.15) is 0 Å².